The van der Waals surface area contributed by atoms with E-state index in [0.717, 1.165) is 11.1 Å². The van der Waals surface area contributed by atoms with Gasteiger partial charge in [-0.3, -0.25) is 0 Å². The van der Waals surface area contributed by atoms with Crippen molar-refractivity contribution in [2.75, 3.05) is 0 Å². The molecule has 17 heavy (non-hydrogen) atoms. The van der Waals surface area contributed by atoms with Gasteiger partial charge in [0.1, 0.15) is 24.1 Å². The Bertz CT molecular complexity index is 555. The molecule has 0 fully saturated rings. The van der Waals surface area contributed by atoms with E-state index >= 15 is 0 Å². The molecule has 5 heteroatoms. The first-order valence-electron chi connectivity index (χ1n) is 5.46. The largest absolute Gasteiger partial charge is 0.383 e. The lowest BCUT2D eigenvalue weighted by atomic mass is 9.65. The van der Waals surface area contributed by atoms with E-state index in [1.165, 1.54) is 18.5 Å². The highest BCUT2D eigenvalue weighted by Crippen LogP contribution is 2.50. The van der Waals surface area contributed by atoms with Gasteiger partial charge in [0.2, 0.25) is 0 Å². The van der Waals surface area contributed by atoms with Crippen molar-refractivity contribution in [2.24, 2.45) is 0 Å². The molecule has 0 bridgehead atoms. The van der Waals surface area contributed by atoms with Gasteiger partial charge in [-0.25, -0.2) is 14.1 Å². The molecule has 1 aliphatic rings. The molecule has 88 valence electrons. The highest BCUT2D eigenvalue weighted by molar-refractivity contribution is 5.47. The lowest BCUT2D eigenvalue weighted by Gasteiger charge is -2.45. The first kappa shape index (κ1) is 10.4. The molecule has 0 amide bonds. The number of fused-ring (bicyclic) bond motifs is 1. The maximum absolute atomic E-state index is 13.1. The van der Waals surface area contributed by atoms with E-state index in [9.17, 15) is 9.50 Å². The monoisotopic (exact) mass is 233 g/mol. The van der Waals surface area contributed by atoms with Crippen molar-refractivity contribution in [3.8, 4) is 0 Å². The molecule has 0 saturated heterocycles. The summed E-state index contributed by atoms with van der Waals surface area (Å²) in [6, 6.07) is 4.49. The molecule has 1 N–H and O–H groups in total. The Labute approximate surface area is 97.7 Å². The third kappa shape index (κ3) is 1.39. The van der Waals surface area contributed by atoms with Crippen molar-refractivity contribution in [1.82, 2.24) is 14.8 Å². The van der Waals surface area contributed by atoms with Gasteiger partial charge in [-0.1, -0.05) is 13.0 Å². The first-order chi connectivity index (χ1) is 8.11. The second kappa shape index (κ2) is 3.37. The van der Waals surface area contributed by atoms with Gasteiger partial charge in [-0.15, -0.1) is 0 Å². The van der Waals surface area contributed by atoms with Crippen molar-refractivity contribution in [2.45, 2.75) is 25.0 Å². The smallest absolute Gasteiger partial charge is 0.137 e. The minimum absolute atomic E-state index is 0.0996. The quantitative estimate of drug-likeness (QED) is 0.853. The number of nitrogens with zero attached hydrogens (tertiary/aromatic N) is 3. The summed E-state index contributed by atoms with van der Waals surface area (Å²) in [5.41, 5.74) is 0.672. The van der Waals surface area contributed by atoms with E-state index in [-0.39, 0.29) is 11.7 Å². The lowest BCUT2D eigenvalue weighted by molar-refractivity contribution is -0.0340. The maximum atomic E-state index is 13.1. The Morgan fingerprint density at radius 2 is 2.35 bits per heavy atom. The summed E-state index contributed by atoms with van der Waals surface area (Å²) < 4.78 is 14.7. The Hall–Kier alpha value is -1.75. The van der Waals surface area contributed by atoms with E-state index in [2.05, 4.69) is 10.1 Å². The SMILES string of the molecule is CC1c2cc(F)ccc2[C@@]1(O)Cn1cncn1. The maximum Gasteiger partial charge on any atom is 0.137 e. The van der Waals surface area contributed by atoms with Crippen LogP contribution in [0.4, 0.5) is 4.39 Å². The number of aromatic nitrogens is 3. The highest BCUT2D eigenvalue weighted by Gasteiger charge is 2.48. The standard InChI is InChI=1S/C12H12FN3O/c1-8-10-4-9(13)2-3-11(10)12(8,17)5-16-7-14-6-15-16/h2-4,6-8,17H,5H2,1H3/t8?,12-/m1/s1. The van der Waals surface area contributed by atoms with Gasteiger partial charge in [0.15, 0.2) is 0 Å². The summed E-state index contributed by atoms with van der Waals surface area (Å²) in [7, 11) is 0. The van der Waals surface area contributed by atoms with Crippen LogP contribution in [0.25, 0.3) is 0 Å². The number of rotatable bonds is 2. The normalized spacial score (nSPS) is 26.4. The van der Waals surface area contributed by atoms with E-state index in [4.69, 9.17) is 0 Å². The van der Waals surface area contributed by atoms with E-state index < -0.39 is 5.60 Å². The van der Waals surface area contributed by atoms with Crippen LogP contribution < -0.4 is 0 Å². The van der Waals surface area contributed by atoms with Crippen LogP contribution in [-0.2, 0) is 12.1 Å². The van der Waals surface area contributed by atoms with Crippen molar-refractivity contribution in [1.29, 1.82) is 0 Å². The summed E-state index contributed by atoms with van der Waals surface area (Å²) in [5, 5.41) is 14.6. The van der Waals surface area contributed by atoms with Crippen LogP contribution >= 0.6 is 0 Å². The molecular formula is C12H12FN3O. The highest BCUT2D eigenvalue weighted by atomic mass is 19.1. The molecule has 3 rings (SSSR count). The van der Waals surface area contributed by atoms with Crippen LogP contribution in [0, 0.1) is 5.82 Å². The van der Waals surface area contributed by atoms with Crippen LogP contribution in [0.1, 0.15) is 24.0 Å². The van der Waals surface area contributed by atoms with Crippen molar-refractivity contribution < 1.29 is 9.50 Å². The second-order valence-electron chi connectivity index (χ2n) is 4.47. The van der Waals surface area contributed by atoms with Crippen LogP contribution in [0.2, 0.25) is 0 Å². The fraction of sp³-hybridized carbons (Fsp3) is 0.333. The summed E-state index contributed by atoms with van der Waals surface area (Å²) in [4.78, 5) is 3.84. The molecule has 0 aliphatic heterocycles. The predicted octanol–water partition coefficient (Wildman–Crippen LogP) is 1.42. The fourth-order valence-electron chi connectivity index (χ4n) is 2.48. The molecule has 0 radical (unpaired) electrons. The first-order valence-corrected chi connectivity index (χ1v) is 5.46. The Morgan fingerprint density at radius 1 is 1.53 bits per heavy atom. The summed E-state index contributed by atoms with van der Waals surface area (Å²) in [6.45, 7) is 2.23. The number of aliphatic hydroxyl groups is 1. The second-order valence-corrected chi connectivity index (χ2v) is 4.47. The molecule has 0 saturated carbocycles. The number of halogens is 1. The summed E-state index contributed by atoms with van der Waals surface area (Å²) >= 11 is 0. The topological polar surface area (TPSA) is 50.9 Å². The Morgan fingerprint density at radius 3 is 3.06 bits per heavy atom. The number of benzene rings is 1. The zero-order chi connectivity index (χ0) is 12.0. The predicted molar refractivity (Wildman–Crippen MR) is 58.7 cm³/mol. The third-order valence-corrected chi connectivity index (χ3v) is 3.53. The molecule has 1 heterocycles. The molecule has 1 aliphatic carbocycles. The molecule has 0 spiro atoms. The molecule has 1 aromatic carbocycles. The minimum Gasteiger partial charge on any atom is -0.383 e. The Kier molecular flexibility index (Phi) is 2.06. The summed E-state index contributed by atoms with van der Waals surface area (Å²) in [5.74, 6) is -0.365. The van der Waals surface area contributed by atoms with Gasteiger partial charge in [0, 0.05) is 5.92 Å². The van der Waals surface area contributed by atoms with Gasteiger partial charge < -0.3 is 5.11 Å². The molecule has 4 nitrogen and oxygen atoms in total. The number of hydrogen-bond donors (Lipinski definition) is 1. The van der Waals surface area contributed by atoms with Crippen LogP contribution in [0.3, 0.4) is 0 Å². The van der Waals surface area contributed by atoms with E-state index in [0.29, 0.717) is 6.54 Å². The van der Waals surface area contributed by atoms with Gasteiger partial charge in [0.25, 0.3) is 0 Å². The van der Waals surface area contributed by atoms with Crippen LogP contribution in [-0.4, -0.2) is 19.9 Å². The van der Waals surface area contributed by atoms with Gasteiger partial charge in [-0.05, 0) is 23.3 Å². The minimum atomic E-state index is -0.975. The summed E-state index contributed by atoms with van der Waals surface area (Å²) in [6.07, 6.45) is 2.99. The van der Waals surface area contributed by atoms with E-state index in [1.807, 2.05) is 6.92 Å². The number of hydrogen-bond acceptors (Lipinski definition) is 3. The van der Waals surface area contributed by atoms with Gasteiger partial charge in [-0.2, -0.15) is 5.10 Å². The molecule has 1 unspecified atom stereocenters. The molecule has 2 aromatic rings. The molecule has 2 atom stereocenters. The average molecular weight is 233 g/mol. The zero-order valence-electron chi connectivity index (χ0n) is 9.34. The van der Waals surface area contributed by atoms with Crippen molar-refractivity contribution in [3.63, 3.8) is 0 Å². The van der Waals surface area contributed by atoms with E-state index in [1.54, 1.807) is 17.1 Å². The van der Waals surface area contributed by atoms with Crippen molar-refractivity contribution in [3.05, 3.63) is 47.8 Å². The molecular weight excluding hydrogens is 221 g/mol. The lowest BCUT2D eigenvalue weighted by Crippen LogP contribution is -2.45. The van der Waals surface area contributed by atoms with Crippen LogP contribution in [0.5, 0.6) is 0 Å². The van der Waals surface area contributed by atoms with Crippen LogP contribution in [0.15, 0.2) is 30.9 Å². The molecule has 1 aromatic heterocycles. The van der Waals surface area contributed by atoms with Gasteiger partial charge >= 0.3 is 0 Å². The fourth-order valence-corrected chi connectivity index (χ4v) is 2.48. The zero-order valence-corrected chi connectivity index (χ0v) is 9.34. The average Bonchev–Trinajstić information content (AvgIpc) is 2.81. The Balaban J connectivity index is 1.97. The third-order valence-electron chi connectivity index (χ3n) is 3.53. The van der Waals surface area contributed by atoms with Gasteiger partial charge in [0.05, 0.1) is 6.54 Å². The van der Waals surface area contributed by atoms with Crippen molar-refractivity contribution >= 4 is 0 Å².